The molecule has 2 heterocycles. The Morgan fingerprint density at radius 1 is 0.941 bits per heavy atom. The lowest BCUT2D eigenvalue weighted by Gasteiger charge is -2.31. The predicted octanol–water partition coefficient (Wildman–Crippen LogP) is 3.60. The molecule has 2 aliphatic heterocycles. The number of piperidine rings is 1. The Hall–Kier alpha value is -3.49. The van der Waals surface area contributed by atoms with Gasteiger partial charge >= 0.3 is 5.97 Å². The van der Waals surface area contributed by atoms with E-state index in [0.717, 1.165) is 30.9 Å². The van der Waals surface area contributed by atoms with Crippen LogP contribution in [0.4, 0.5) is 20.2 Å². The number of ether oxygens (including phenoxy) is 1. The molecule has 2 saturated heterocycles. The van der Waals surface area contributed by atoms with Crippen molar-refractivity contribution in [1.82, 2.24) is 4.90 Å². The zero-order valence-corrected chi connectivity index (χ0v) is 18.8. The Morgan fingerprint density at radius 2 is 1.62 bits per heavy atom. The molecule has 0 saturated carbocycles. The fraction of sp³-hybridized carbons (Fsp3) is 0.400. The van der Waals surface area contributed by atoms with Gasteiger partial charge in [-0.05, 0) is 62.1 Å². The molecule has 1 N–H and O–H groups in total. The molecule has 34 heavy (non-hydrogen) atoms. The number of rotatable bonds is 6. The van der Waals surface area contributed by atoms with Gasteiger partial charge < -0.3 is 19.9 Å². The molecule has 2 aliphatic rings. The summed E-state index contributed by atoms with van der Waals surface area (Å²) in [4.78, 5) is 40.8. The number of benzene rings is 2. The molecule has 2 fully saturated rings. The summed E-state index contributed by atoms with van der Waals surface area (Å²) in [6, 6.07) is 10.4. The van der Waals surface area contributed by atoms with E-state index in [-0.39, 0.29) is 18.7 Å². The van der Waals surface area contributed by atoms with E-state index >= 15 is 0 Å². The highest BCUT2D eigenvalue weighted by Gasteiger charge is 2.30. The first-order chi connectivity index (χ1) is 16.4. The summed E-state index contributed by atoms with van der Waals surface area (Å²) in [6.07, 6.45) is 3.05. The fourth-order valence-corrected chi connectivity index (χ4v) is 4.33. The van der Waals surface area contributed by atoms with Gasteiger partial charge in [0, 0.05) is 43.6 Å². The zero-order valence-electron chi connectivity index (χ0n) is 18.8. The highest BCUT2D eigenvalue weighted by atomic mass is 19.1. The van der Waals surface area contributed by atoms with Crippen LogP contribution in [-0.4, -0.2) is 55.5 Å². The third-order valence-corrected chi connectivity index (χ3v) is 6.24. The number of carbonyl (C=O) groups is 3. The molecule has 0 spiro atoms. The topological polar surface area (TPSA) is 79.0 Å². The normalized spacial score (nSPS) is 16.4. The van der Waals surface area contributed by atoms with Crippen molar-refractivity contribution < 1.29 is 27.9 Å². The summed E-state index contributed by atoms with van der Waals surface area (Å²) in [5.74, 6) is -3.59. The van der Waals surface area contributed by atoms with Crippen molar-refractivity contribution in [3.63, 3.8) is 0 Å². The Labute approximate surface area is 196 Å². The first kappa shape index (κ1) is 23.7. The van der Waals surface area contributed by atoms with Crippen molar-refractivity contribution in [2.45, 2.75) is 25.7 Å². The number of nitrogens with zero attached hydrogens (tertiary/aromatic N) is 2. The standard InChI is InChI=1S/C25H27F2N3O4/c26-18-3-8-21(22(27)15-18)24(32)30-13-9-17(10-14-30)25(33)34-16-23(31)28-19-4-6-20(7-5-19)29-11-1-2-12-29/h3-8,15,17H,1-2,9-14,16H2,(H,28,31). The molecule has 4 rings (SSSR count). The van der Waals surface area contributed by atoms with Crippen LogP contribution in [0.25, 0.3) is 0 Å². The van der Waals surface area contributed by atoms with Gasteiger partial charge in [0.25, 0.3) is 11.8 Å². The monoisotopic (exact) mass is 471 g/mol. The first-order valence-corrected chi connectivity index (χ1v) is 11.5. The van der Waals surface area contributed by atoms with Crippen LogP contribution in [-0.2, 0) is 14.3 Å². The van der Waals surface area contributed by atoms with E-state index in [2.05, 4.69) is 10.2 Å². The highest BCUT2D eigenvalue weighted by Crippen LogP contribution is 2.23. The van der Waals surface area contributed by atoms with Crippen LogP contribution in [0.15, 0.2) is 42.5 Å². The summed E-state index contributed by atoms with van der Waals surface area (Å²) < 4.78 is 32.1. The Bertz CT molecular complexity index is 1050. The van der Waals surface area contributed by atoms with E-state index in [4.69, 9.17) is 4.74 Å². The lowest BCUT2D eigenvalue weighted by molar-refractivity contribution is -0.152. The van der Waals surface area contributed by atoms with Crippen LogP contribution >= 0.6 is 0 Å². The van der Waals surface area contributed by atoms with E-state index in [1.807, 2.05) is 24.3 Å². The molecule has 2 aromatic rings. The van der Waals surface area contributed by atoms with Gasteiger partial charge in [0.15, 0.2) is 6.61 Å². The number of hydrogen-bond acceptors (Lipinski definition) is 5. The highest BCUT2D eigenvalue weighted by molar-refractivity contribution is 5.95. The third-order valence-electron chi connectivity index (χ3n) is 6.24. The van der Waals surface area contributed by atoms with E-state index in [1.165, 1.54) is 17.7 Å². The van der Waals surface area contributed by atoms with Crippen molar-refractivity contribution in [2.24, 2.45) is 5.92 Å². The molecule has 9 heteroatoms. The maximum absolute atomic E-state index is 13.9. The second-order valence-corrected chi connectivity index (χ2v) is 8.59. The molecular formula is C25H27F2N3O4. The number of hydrogen-bond donors (Lipinski definition) is 1. The van der Waals surface area contributed by atoms with Crippen molar-refractivity contribution in [1.29, 1.82) is 0 Å². The van der Waals surface area contributed by atoms with Gasteiger partial charge in [0.1, 0.15) is 11.6 Å². The molecule has 0 unspecified atom stereocenters. The van der Waals surface area contributed by atoms with Crippen LogP contribution in [0, 0.1) is 17.6 Å². The minimum Gasteiger partial charge on any atom is -0.455 e. The molecule has 2 amide bonds. The summed E-state index contributed by atoms with van der Waals surface area (Å²) >= 11 is 0. The van der Waals surface area contributed by atoms with Crippen LogP contribution in [0.2, 0.25) is 0 Å². The number of nitrogens with one attached hydrogen (secondary N) is 1. The predicted molar refractivity (Wildman–Crippen MR) is 122 cm³/mol. The van der Waals surface area contributed by atoms with E-state index in [0.29, 0.717) is 24.6 Å². The quantitative estimate of drug-likeness (QED) is 0.652. The molecule has 0 atom stereocenters. The summed E-state index contributed by atoms with van der Waals surface area (Å²) in [6.45, 7) is 2.17. The molecule has 0 aromatic heterocycles. The molecule has 0 aliphatic carbocycles. The zero-order chi connectivity index (χ0) is 24.1. The van der Waals surface area contributed by atoms with Gasteiger partial charge in [0.05, 0.1) is 11.5 Å². The van der Waals surface area contributed by atoms with Crippen LogP contribution in [0.5, 0.6) is 0 Å². The number of carbonyl (C=O) groups excluding carboxylic acids is 3. The Balaban J connectivity index is 1.20. The lowest BCUT2D eigenvalue weighted by Crippen LogP contribution is -2.41. The average molecular weight is 472 g/mol. The van der Waals surface area contributed by atoms with E-state index < -0.39 is 41.9 Å². The van der Waals surface area contributed by atoms with Crippen molar-refractivity contribution >= 4 is 29.2 Å². The fourth-order valence-electron chi connectivity index (χ4n) is 4.33. The first-order valence-electron chi connectivity index (χ1n) is 11.5. The SMILES string of the molecule is O=C(COC(=O)C1CCN(C(=O)c2ccc(F)cc2F)CC1)Nc1ccc(N2CCCC2)cc1. The van der Waals surface area contributed by atoms with Gasteiger partial charge in [-0.1, -0.05) is 0 Å². The van der Waals surface area contributed by atoms with E-state index in [9.17, 15) is 23.2 Å². The molecule has 0 bridgehead atoms. The summed E-state index contributed by atoms with van der Waals surface area (Å²) in [7, 11) is 0. The molecule has 2 aromatic carbocycles. The Morgan fingerprint density at radius 3 is 2.26 bits per heavy atom. The van der Waals surface area contributed by atoms with Crippen LogP contribution in [0.1, 0.15) is 36.0 Å². The molecule has 0 radical (unpaired) electrons. The molecule has 7 nitrogen and oxygen atoms in total. The maximum Gasteiger partial charge on any atom is 0.309 e. The summed E-state index contributed by atoms with van der Waals surface area (Å²) in [5.41, 5.74) is 1.55. The van der Waals surface area contributed by atoms with Crippen molar-refractivity contribution in [3.8, 4) is 0 Å². The Kier molecular flexibility index (Phi) is 7.40. The number of likely N-dealkylation sites (tertiary alicyclic amines) is 1. The minimum absolute atomic E-state index is 0.201. The van der Waals surface area contributed by atoms with Gasteiger partial charge in [0.2, 0.25) is 0 Å². The number of anilines is 2. The maximum atomic E-state index is 13.9. The largest absolute Gasteiger partial charge is 0.455 e. The second-order valence-electron chi connectivity index (χ2n) is 8.59. The van der Waals surface area contributed by atoms with Crippen LogP contribution in [0.3, 0.4) is 0 Å². The van der Waals surface area contributed by atoms with Gasteiger partial charge in [-0.3, -0.25) is 14.4 Å². The smallest absolute Gasteiger partial charge is 0.309 e. The van der Waals surface area contributed by atoms with E-state index in [1.54, 1.807) is 0 Å². The molecular weight excluding hydrogens is 444 g/mol. The van der Waals surface area contributed by atoms with Crippen molar-refractivity contribution in [3.05, 3.63) is 59.7 Å². The minimum atomic E-state index is -0.914. The van der Waals surface area contributed by atoms with Crippen LogP contribution < -0.4 is 10.2 Å². The van der Waals surface area contributed by atoms with Crippen molar-refractivity contribution in [2.75, 3.05) is 43.0 Å². The number of halogens is 2. The molecule has 180 valence electrons. The average Bonchev–Trinajstić information content (AvgIpc) is 3.38. The third kappa shape index (κ3) is 5.70. The number of esters is 1. The van der Waals surface area contributed by atoms with Gasteiger partial charge in [-0.25, -0.2) is 8.78 Å². The summed E-state index contributed by atoms with van der Waals surface area (Å²) in [5, 5.41) is 2.72. The van der Waals surface area contributed by atoms with Gasteiger partial charge in [-0.15, -0.1) is 0 Å². The number of amides is 2. The van der Waals surface area contributed by atoms with Gasteiger partial charge in [-0.2, -0.15) is 0 Å². The lowest BCUT2D eigenvalue weighted by atomic mass is 9.96. The second kappa shape index (κ2) is 10.6.